The van der Waals surface area contributed by atoms with Gasteiger partial charge in [0, 0.05) is 5.56 Å². The third-order valence-corrected chi connectivity index (χ3v) is 3.36. The van der Waals surface area contributed by atoms with Gasteiger partial charge in [-0.1, -0.05) is 26.8 Å². The first-order chi connectivity index (χ1) is 7.09. The van der Waals surface area contributed by atoms with Gasteiger partial charge < -0.3 is 4.74 Å². The Bertz CT molecular complexity index is 329. The smallest absolute Gasteiger partial charge is 0.130 e. The van der Waals surface area contributed by atoms with E-state index in [1.165, 1.54) is 6.07 Å². The van der Waals surface area contributed by atoms with Crippen LogP contribution < -0.4 is 4.74 Å². The van der Waals surface area contributed by atoms with Gasteiger partial charge >= 0.3 is 0 Å². The van der Waals surface area contributed by atoms with Crippen LogP contribution in [0.4, 0.5) is 4.39 Å². The molecule has 0 aliphatic carbocycles. The molecule has 0 unspecified atom stereocenters. The average molecular weight is 210 g/mol. The summed E-state index contributed by atoms with van der Waals surface area (Å²) in [5, 5.41) is 0. The van der Waals surface area contributed by atoms with Gasteiger partial charge in [-0.3, -0.25) is 0 Å². The molecule has 0 aliphatic rings. The second kappa shape index (κ2) is 4.65. The second-order valence-electron chi connectivity index (χ2n) is 4.08. The van der Waals surface area contributed by atoms with Gasteiger partial charge in [-0.2, -0.15) is 0 Å². The summed E-state index contributed by atoms with van der Waals surface area (Å²) < 4.78 is 19.1. The Morgan fingerprint density at radius 1 is 1.27 bits per heavy atom. The van der Waals surface area contributed by atoms with Gasteiger partial charge in [0.05, 0.1) is 7.11 Å². The van der Waals surface area contributed by atoms with Crippen molar-refractivity contribution in [2.24, 2.45) is 0 Å². The molecule has 0 aromatic heterocycles. The van der Waals surface area contributed by atoms with Crippen molar-refractivity contribution in [3.8, 4) is 5.75 Å². The standard InChI is InChI=1S/C13H19FO/c1-5-13(3,6-2)12-10(14)8-7-9-11(12)15-4/h7-9H,5-6H2,1-4H3. The molecule has 1 nitrogen and oxygen atoms in total. The zero-order valence-corrected chi connectivity index (χ0v) is 9.93. The van der Waals surface area contributed by atoms with Gasteiger partial charge in [0.1, 0.15) is 11.6 Å². The van der Waals surface area contributed by atoms with E-state index in [0.29, 0.717) is 11.3 Å². The van der Waals surface area contributed by atoms with E-state index in [4.69, 9.17) is 4.74 Å². The van der Waals surface area contributed by atoms with E-state index in [-0.39, 0.29) is 11.2 Å². The monoisotopic (exact) mass is 210 g/mol. The first-order valence-corrected chi connectivity index (χ1v) is 5.42. The molecule has 15 heavy (non-hydrogen) atoms. The molecule has 0 radical (unpaired) electrons. The molecule has 0 fully saturated rings. The van der Waals surface area contributed by atoms with Gasteiger partial charge in [0.15, 0.2) is 0 Å². The maximum Gasteiger partial charge on any atom is 0.130 e. The van der Waals surface area contributed by atoms with Gasteiger partial charge in [0.25, 0.3) is 0 Å². The number of benzene rings is 1. The minimum atomic E-state index is -0.166. The van der Waals surface area contributed by atoms with Crippen molar-refractivity contribution in [1.82, 2.24) is 0 Å². The fourth-order valence-corrected chi connectivity index (χ4v) is 1.86. The zero-order valence-electron chi connectivity index (χ0n) is 9.93. The molecule has 0 atom stereocenters. The van der Waals surface area contributed by atoms with Crippen LogP contribution >= 0.6 is 0 Å². The van der Waals surface area contributed by atoms with E-state index in [9.17, 15) is 4.39 Å². The lowest BCUT2D eigenvalue weighted by Gasteiger charge is -2.29. The fourth-order valence-electron chi connectivity index (χ4n) is 1.86. The molecule has 0 saturated heterocycles. The van der Waals surface area contributed by atoms with Crippen LogP contribution in [0.15, 0.2) is 18.2 Å². The highest BCUT2D eigenvalue weighted by Gasteiger charge is 2.29. The van der Waals surface area contributed by atoms with Crippen LogP contribution in [0.25, 0.3) is 0 Å². The van der Waals surface area contributed by atoms with Gasteiger partial charge in [-0.05, 0) is 30.4 Å². The Labute approximate surface area is 91.3 Å². The molecule has 1 aromatic carbocycles. The lowest BCUT2D eigenvalue weighted by atomic mass is 9.77. The topological polar surface area (TPSA) is 9.23 Å². The van der Waals surface area contributed by atoms with Crippen LogP contribution in [0.3, 0.4) is 0 Å². The van der Waals surface area contributed by atoms with Crippen LogP contribution in [0, 0.1) is 5.82 Å². The van der Waals surface area contributed by atoms with Crippen molar-refractivity contribution in [3.63, 3.8) is 0 Å². The number of hydrogen-bond acceptors (Lipinski definition) is 1. The highest BCUT2D eigenvalue weighted by molar-refractivity contribution is 5.40. The number of methoxy groups -OCH3 is 1. The third-order valence-electron chi connectivity index (χ3n) is 3.36. The number of rotatable bonds is 4. The predicted octanol–water partition coefficient (Wildman–Crippen LogP) is 3.91. The summed E-state index contributed by atoms with van der Waals surface area (Å²) in [7, 11) is 1.59. The van der Waals surface area contributed by atoms with Crippen LogP contribution in [0.1, 0.15) is 39.2 Å². The van der Waals surface area contributed by atoms with Crippen molar-refractivity contribution >= 4 is 0 Å². The molecule has 0 amide bonds. The number of halogens is 1. The Kier molecular flexibility index (Phi) is 3.72. The molecule has 0 bridgehead atoms. The quantitative estimate of drug-likeness (QED) is 0.732. The molecule has 0 heterocycles. The summed E-state index contributed by atoms with van der Waals surface area (Å²) in [6, 6.07) is 5.01. The molecule has 0 saturated carbocycles. The molecule has 1 rings (SSSR count). The first-order valence-electron chi connectivity index (χ1n) is 5.42. The molecule has 0 aliphatic heterocycles. The number of hydrogen-bond donors (Lipinski definition) is 0. The van der Waals surface area contributed by atoms with Gasteiger partial charge in [-0.15, -0.1) is 0 Å². The fraction of sp³-hybridized carbons (Fsp3) is 0.538. The zero-order chi connectivity index (χ0) is 11.5. The summed E-state index contributed by atoms with van der Waals surface area (Å²) in [5.74, 6) is 0.488. The largest absolute Gasteiger partial charge is 0.496 e. The molecular weight excluding hydrogens is 191 g/mol. The highest BCUT2D eigenvalue weighted by atomic mass is 19.1. The van der Waals surface area contributed by atoms with Crippen LogP contribution in [0.5, 0.6) is 5.75 Å². The maximum atomic E-state index is 13.8. The first kappa shape index (κ1) is 12.0. The molecule has 1 aromatic rings. The lowest BCUT2D eigenvalue weighted by Crippen LogP contribution is -2.22. The van der Waals surface area contributed by atoms with Crippen molar-refractivity contribution < 1.29 is 9.13 Å². The van der Waals surface area contributed by atoms with E-state index in [2.05, 4.69) is 20.8 Å². The average Bonchev–Trinajstić information content (AvgIpc) is 2.27. The summed E-state index contributed by atoms with van der Waals surface area (Å²) in [5.41, 5.74) is 0.564. The van der Waals surface area contributed by atoms with E-state index in [1.807, 2.05) is 6.07 Å². The molecule has 2 heteroatoms. The van der Waals surface area contributed by atoms with Crippen molar-refractivity contribution in [1.29, 1.82) is 0 Å². The molecule has 0 spiro atoms. The number of ether oxygens (including phenoxy) is 1. The van der Waals surface area contributed by atoms with E-state index < -0.39 is 0 Å². The minimum absolute atomic E-state index is 0.142. The van der Waals surface area contributed by atoms with Gasteiger partial charge in [0.2, 0.25) is 0 Å². The van der Waals surface area contributed by atoms with Crippen molar-refractivity contribution in [2.45, 2.75) is 39.0 Å². The molecular formula is C13H19FO. The summed E-state index contributed by atoms with van der Waals surface area (Å²) in [6.07, 6.45) is 1.81. The minimum Gasteiger partial charge on any atom is -0.496 e. The predicted molar refractivity (Wildman–Crippen MR) is 60.9 cm³/mol. The summed E-state index contributed by atoms with van der Waals surface area (Å²) in [6.45, 7) is 6.23. The Morgan fingerprint density at radius 2 is 1.87 bits per heavy atom. The van der Waals surface area contributed by atoms with Crippen molar-refractivity contribution in [3.05, 3.63) is 29.6 Å². The third kappa shape index (κ3) is 2.14. The normalized spacial score (nSPS) is 11.5. The molecule has 84 valence electrons. The second-order valence-corrected chi connectivity index (χ2v) is 4.08. The lowest BCUT2D eigenvalue weighted by molar-refractivity contribution is 0.359. The highest BCUT2D eigenvalue weighted by Crippen LogP contribution is 2.38. The van der Waals surface area contributed by atoms with E-state index in [0.717, 1.165) is 12.8 Å². The summed E-state index contributed by atoms with van der Waals surface area (Å²) >= 11 is 0. The Hall–Kier alpha value is -1.05. The van der Waals surface area contributed by atoms with E-state index in [1.54, 1.807) is 13.2 Å². The Morgan fingerprint density at radius 3 is 2.33 bits per heavy atom. The van der Waals surface area contributed by atoms with Gasteiger partial charge in [-0.25, -0.2) is 4.39 Å². The summed E-state index contributed by atoms with van der Waals surface area (Å²) in [4.78, 5) is 0. The van der Waals surface area contributed by atoms with Crippen LogP contribution in [-0.2, 0) is 5.41 Å². The van der Waals surface area contributed by atoms with Crippen LogP contribution in [-0.4, -0.2) is 7.11 Å². The van der Waals surface area contributed by atoms with E-state index >= 15 is 0 Å². The van der Waals surface area contributed by atoms with Crippen molar-refractivity contribution in [2.75, 3.05) is 7.11 Å². The maximum absolute atomic E-state index is 13.8. The SMILES string of the molecule is CCC(C)(CC)c1c(F)cccc1OC. The molecule has 0 N–H and O–H groups in total. The Balaban J connectivity index is 3.33. The van der Waals surface area contributed by atoms with Crippen LogP contribution in [0.2, 0.25) is 0 Å².